The Morgan fingerprint density at radius 1 is 1.36 bits per heavy atom. The van der Waals surface area contributed by atoms with Gasteiger partial charge >= 0.3 is 7.12 Å². The second kappa shape index (κ2) is 8.97. The molecular formula is C12H15BCl2N2O5. The highest BCUT2D eigenvalue weighted by Gasteiger charge is 2.23. The molecule has 0 saturated heterocycles. The number of ether oxygens (including phenoxy) is 1. The highest BCUT2D eigenvalue weighted by atomic mass is 35.5. The maximum atomic E-state index is 12.2. The quantitative estimate of drug-likeness (QED) is 0.513. The van der Waals surface area contributed by atoms with E-state index in [9.17, 15) is 9.59 Å². The first-order chi connectivity index (χ1) is 10.3. The van der Waals surface area contributed by atoms with Crippen LogP contribution in [0, 0.1) is 0 Å². The molecule has 0 aliphatic carbocycles. The summed E-state index contributed by atoms with van der Waals surface area (Å²) in [4.78, 5) is 24.0. The zero-order valence-corrected chi connectivity index (χ0v) is 13.2. The zero-order chi connectivity index (χ0) is 16.7. The molecule has 7 nitrogen and oxygen atoms in total. The van der Waals surface area contributed by atoms with Crippen LogP contribution in [0.1, 0.15) is 10.4 Å². The molecule has 1 rings (SSSR count). The van der Waals surface area contributed by atoms with Crippen LogP contribution in [-0.2, 0) is 9.53 Å². The summed E-state index contributed by atoms with van der Waals surface area (Å²) in [6, 6.07) is 3.35. The maximum absolute atomic E-state index is 12.2. The molecule has 120 valence electrons. The van der Waals surface area contributed by atoms with E-state index < -0.39 is 25.0 Å². The van der Waals surface area contributed by atoms with Crippen molar-refractivity contribution in [1.29, 1.82) is 0 Å². The molecule has 1 unspecified atom stereocenters. The number of methoxy groups -OCH3 is 1. The van der Waals surface area contributed by atoms with Gasteiger partial charge < -0.3 is 25.4 Å². The van der Waals surface area contributed by atoms with Crippen molar-refractivity contribution in [3.05, 3.63) is 33.8 Å². The van der Waals surface area contributed by atoms with E-state index in [0.29, 0.717) is 5.02 Å². The van der Waals surface area contributed by atoms with Crippen LogP contribution < -0.4 is 10.6 Å². The Kier molecular flexibility index (Phi) is 7.64. The number of carbonyl (C=O) groups is 2. The Balaban J connectivity index is 2.79. The summed E-state index contributed by atoms with van der Waals surface area (Å²) in [6.07, 6.45) is -0.368. The Morgan fingerprint density at radius 3 is 2.64 bits per heavy atom. The van der Waals surface area contributed by atoms with Gasteiger partial charge in [0.25, 0.3) is 5.91 Å². The first kappa shape index (κ1) is 18.7. The summed E-state index contributed by atoms with van der Waals surface area (Å²) >= 11 is 11.7. The average molecular weight is 349 g/mol. The Bertz CT molecular complexity index is 544. The summed E-state index contributed by atoms with van der Waals surface area (Å²) in [6.45, 7) is -0.0999. The predicted octanol–water partition coefficient (Wildman–Crippen LogP) is -0.134. The molecule has 0 aromatic heterocycles. The van der Waals surface area contributed by atoms with Gasteiger partial charge in [-0.3, -0.25) is 9.59 Å². The molecule has 0 heterocycles. The highest BCUT2D eigenvalue weighted by molar-refractivity contribution is 6.41. The molecule has 1 atom stereocenters. The van der Waals surface area contributed by atoms with Crippen LogP contribution in [0.4, 0.5) is 0 Å². The van der Waals surface area contributed by atoms with Crippen molar-refractivity contribution in [2.24, 2.45) is 0 Å². The molecular weight excluding hydrogens is 334 g/mol. The van der Waals surface area contributed by atoms with Crippen molar-refractivity contribution in [1.82, 2.24) is 10.6 Å². The summed E-state index contributed by atoms with van der Waals surface area (Å²) in [5.74, 6) is -1.23. The number of nitrogens with one attached hydrogen (secondary N) is 2. The lowest BCUT2D eigenvalue weighted by Crippen LogP contribution is -2.51. The van der Waals surface area contributed by atoms with Crippen molar-refractivity contribution in [3.8, 4) is 0 Å². The van der Waals surface area contributed by atoms with Crippen LogP contribution in [0.25, 0.3) is 0 Å². The lowest BCUT2D eigenvalue weighted by atomic mass is 9.92. The fourth-order valence-corrected chi connectivity index (χ4v) is 1.95. The van der Waals surface area contributed by atoms with Gasteiger partial charge in [-0.1, -0.05) is 23.2 Å². The van der Waals surface area contributed by atoms with Crippen LogP contribution in [0.5, 0.6) is 0 Å². The van der Waals surface area contributed by atoms with E-state index in [0.717, 1.165) is 0 Å². The van der Waals surface area contributed by atoms with Crippen LogP contribution in [0.3, 0.4) is 0 Å². The number of amides is 2. The van der Waals surface area contributed by atoms with E-state index in [2.05, 4.69) is 10.6 Å². The molecule has 1 aromatic rings. The number of halogens is 2. The molecule has 0 radical (unpaired) electrons. The topological polar surface area (TPSA) is 108 Å². The number of hydrogen-bond donors (Lipinski definition) is 4. The van der Waals surface area contributed by atoms with Crippen molar-refractivity contribution >= 4 is 42.1 Å². The standard InChI is InChI=1S/C12H15BCl2N2O5/c1-22-5-10(12(19)16-6-13(20)21)17-11(18)8-4-7(14)2-3-9(8)15/h2-4,10,20-21H,5-6H2,1H3,(H,16,19)(H,17,18). The van der Waals surface area contributed by atoms with E-state index in [4.69, 9.17) is 38.0 Å². The van der Waals surface area contributed by atoms with Gasteiger partial charge in [0, 0.05) is 12.1 Å². The first-order valence-electron chi connectivity index (χ1n) is 6.23. The molecule has 0 spiro atoms. The van der Waals surface area contributed by atoms with Crippen LogP contribution in [0.15, 0.2) is 18.2 Å². The molecule has 0 bridgehead atoms. The molecule has 0 aliphatic rings. The van der Waals surface area contributed by atoms with Crippen LogP contribution in [0.2, 0.25) is 10.0 Å². The Hall–Kier alpha value is -1.32. The number of hydrogen-bond acceptors (Lipinski definition) is 5. The van der Waals surface area contributed by atoms with E-state index in [-0.39, 0.29) is 23.6 Å². The van der Waals surface area contributed by atoms with Gasteiger partial charge in [-0.2, -0.15) is 0 Å². The lowest BCUT2D eigenvalue weighted by Gasteiger charge is -2.18. The second-order valence-electron chi connectivity index (χ2n) is 4.33. The lowest BCUT2D eigenvalue weighted by molar-refractivity contribution is -0.123. The van der Waals surface area contributed by atoms with Gasteiger partial charge in [0.2, 0.25) is 5.91 Å². The van der Waals surface area contributed by atoms with Crippen molar-refractivity contribution in [2.45, 2.75) is 6.04 Å². The normalized spacial score (nSPS) is 11.7. The minimum atomic E-state index is -1.69. The summed E-state index contributed by atoms with van der Waals surface area (Å²) in [7, 11) is -0.329. The summed E-state index contributed by atoms with van der Waals surface area (Å²) in [5.41, 5.74) is 0.116. The molecule has 1 aromatic carbocycles. The van der Waals surface area contributed by atoms with E-state index in [1.54, 1.807) is 0 Å². The number of rotatable bonds is 7. The largest absolute Gasteiger partial charge is 0.472 e. The molecule has 0 fully saturated rings. The Labute approximate surface area is 137 Å². The molecule has 0 aliphatic heterocycles. The van der Waals surface area contributed by atoms with Gasteiger partial charge in [0.05, 0.1) is 23.6 Å². The number of benzene rings is 1. The van der Waals surface area contributed by atoms with Crippen LogP contribution >= 0.6 is 23.2 Å². The number of carbonyl (C=O) groups excluding carboxylic acids is 2. The molecule has 2 amide bonds. The monoisotopic (exact) mass is 348 g/mol. The fourth-order valence-electron chi connectivity index (χ4n) is 1.57. The summed E-state index contributed by atoms with van der Waals surface area (Å²) in [5, 5.41) is 22.7. The minimum absolute atomic E-state index is 0.0999. The van der Waals surface area contributed by atoms with Gasteiger partial charge in [-0.05, 0) is 18.2 Å². The molecule has 0 saturated carbocycles. The smallest absolute Gasteiger partial charge is 0.426 e. The third kappa shape index (κ3) is 5.82. The third-order valence-electron chi connectivity index (χ3n) is 2.59. The van der Waals surface area contributed by atoms with Gasteiger partial charge in [0.1, 0.15) is 6.04 Å². The first-order valence-corrected chi connectivity index (χ1v) is 6.99. The van der Waals surface area contributed by atoms with E-state index in [1.165, 1.54) is 25.3 Å². The minimum Gasteiger partial charge on any atom is -0.426 e. The average Bonchev–Trinajstić information content (AvgIpc) is 2.46. The highest BCUT2D eigenvalue weighted by Crippen LogP contribution is 2.20. The second-order valence-corrected chi connectivity index (χ2v) is 5.17. The van der Waals surface area contributed by atoms with E-state index >= 15 is 0 Å². The van der Waals surface area contributed by atoms with Crippen molar-refractivity contribution < 1.29 is 24.4 Å². The zero-order valence-electron chi connectivity index (χ0n) is 11.7. The Morgan fingerprint density at radius 2 is 2.05 bits per heavy atom. The molecule has 10 heteroatoms. The third-order valence-corrected chi connectivity index (χ3v) is 3.15. The van der Waals surface area contributed by atoms with Gasteiger partial charge in [0.15, 0.2) is 0 Å². The van der Waals surface area contributed by atoms with Gasteiger partial charge in [-0.25, -0.2) is 0 Å². The van der Waals surface area contributed by atoms with Crippen molar-refractivity contribution in [3.63, 3.8) is 0 Å². The van der Waals surface area contributed by atoms with E-state index in [1.807, 2.05) is 0 Å². The van der Waals surface area contributed by atoms with Crippen molar-refractivity contribution in [2.75, 3.05) is 20.2 Å². The summed E-state index contributed by atoms with van der Waals surface area (Å²) < 4.78 is 4.86. The SMILES string of the molecule is COCC(NC(=O)c1cc(Cl)ccc1Cl)C(=O)NCB(O)O. The molecule has 22 heavy (non-hydrogen) atoms. The van der Waals surface area contributed by atoms with Gasteiger partial charge in [-0.15, -0.1) is 0 Å². The van der Waals surface area contributed by atoms with Crippen LogP contribution in [-0.4, -0.2) is 55.2 Å². The fraction of sp³-hybridized carbons (Fsp3) is 0.333. The molecule has 4 N–H and O–H groups in total. The predicted molar refractivity (Wildman–Crippen MR) is 82.8 cm³/mol. The maximum Gasteiger partial charge on any atom is 0.472 e.